The summed E-state index contributed by atoms with van der Waals surface area (Å²) in [6, 6.07) is 9.92. The first kappa shape index (κ1) is 16.1. The van der Waals surface area contributed by atoms with Gasteiger partial charge < -0.3 is 9.80 Å². The van der Waals surface area contributed by atoms with Crippen LogP contribution in [0.4, 0.5) is 5.95 Å². The number of para-hydroxylation sites is 1. The molecule has 7 nitrogen and oxygen atoms in total. The number of likely N-dealkylation sites (tertiary alicyclic amines) is 1. The number of tetrazole rings is 1. The number of benzene rings is 1. The lowest BCUT2D eigenvalue weighted by molar-refractivity contribution is -0.137. The molecule has 1 aromatic carbocycles. The van der Waals surface area contributed by atoms with Crippen molar-refractivity contribution < 1.29 is 4.79 Å². The van der Waals surface area contributed by atoms with Crippen molar-refractivity contribution in [3.8, 4) is 5.69 Å². The first-order chi connectivity index (χ1) is 12.3. The predicted molar refractivity (Wildman–Crippen MR) is 94.5 cm³/mol. The maximum Gasteiger partial charge on any atom is 0.250 e. The normalized spacial score (nSPS) is 19.2. The second-order valence-electron chi connectivity index (χ2n) is 6.87. The number of hydrogen-bond acceptors (Lipinski definition) is 5. The molecule has 0 atom stereocenters. The van der Waals surface area contributed by atoms with Crippen LogP contribution in [-0.4, -0.2) is 57.2 Å². The fourth-order valence-corrected chi connectivity index (χ4v) is 3.81. The average molecular weight is 340 g/mol. The van der Waals surface area contributed by atoms with Gasteiger partial charge in [0.2, 0.25) is 11.9 Å². The molecule has 2 aliphatic rings. The zero-order valence-electron chi connectivity index (χ0n) is 14.4. The quantitative estimate of drug-likeness (QED) is 0.853. The molecule has 3 heterocycles. The van der Waals surface area contributed by atoms with E-state index in [1.807, 2.05) is 30.3 Å². The van der Waals surface area contributed by atoms with Crippen LogP contribution in [0.15, 0.2) is 30.3 Å². The Kier molecular flexibility index (Phi) is 4.63. The van der Waals surface area contributed by atoms with Crippen LogP contribution in [0.3, 0.4) is 0 Å². The molecule has 2 saturated heterocycles. The Morgan fingerprint density at radius 3 is 2.40 bits per heavy atom. The third kappa shape index (κ3) is 3.36. The van der Waals surface area contributed by atoms with Gasteiger partial charge in [-0.25, -0.2) is 0 Å². The van der Waals surface area contributed by atoms with E-state index in [1.165, 1.54) is 6.42 Å². The van der Waals surface area contributed by atoms with Crippen molar-refractivity contribution >= 4 is 11.9 Å². The number of amides is 1. The predicted octanol–water partition coefficient (Wildman–Crippen LogP) is 1.89. The standard InChI is InChI=1S/C18H24N6O/c25-17(22-11-5-2-6-12-22)15-9-13-23(14-10-15)18-19-20-21-24(18)16-7-3-1-4-8-16/h1,3-4,7-8,15H,2,5-6,9-14H2. The van der Waals surface area contributed by atoms with Gasteiger partial charge in [0.25, 0.3) is 0 Å². The van der Waals surface area contributed by atoms with Gasteiger partial charge in [-0.15, -0.1) is 0 Å². The van der Waals surface area contributed by atoms with E-state index in [1.54, 1.807) is 4.68 Å². The molecule has 0 bridgehead atoms. The number of carbonyl (C=O) groups excluding carboxylic acids is 1. The smallest absolute Gasteiger partial charge is 0.250 e. The van der Waals surface area contributed by atoms with E-state index in [0.717, 1.165) is 63.5 Å². The molecule has 0 aliphatic carbocycles. The van der Waals surface area contributed by atoms with Crippen molar-refractivity contribution in [1.82, 2.24) is 25.1 Å². The maximum atomic E-state index is 12.7. The number of nitrogens with zero attached hydrogens (tertiary/aromatic N) is 6. The summed E-state index contributed by atoms with van der Waals surface area (Å²) in [6.45, 7) is 3.51. The zero-order chi connectivity index (χ0) is 17.1. The SMILES string of the molecule is O=C(C1CCN(c2nnnn2-c2ccccc2)CC1)N1CCCCC1. The maximum absolute atomic E-state index is 12.7. The van der Waals surface area contributed by atoms with Crippen LogP contribution in [0.2, 0.25) is 0 Å². The lowest BCUT2D eigenvalue weighted by atomic mass is 9.94. The minimum atomic E-state index is 0.149. The van der Waals surface area contributed by atoms with E-state index in [-0.39, 0.29) is 5.92 Å². The highest BCUT2D eigenvalue weighted by atomic mass is 16.2. The monoisotopic (exact) mass is 340 g/mol. The van der Waals surface area contributed by atoms with Crippen LogP contribution in [0.1, 0.15) is 32.1 Å². The van der Waals surface area contributed by atoms with Gasteiger partial charge in [0.1, 0.15) is 0 Å². The van der Waals surface area contributed by atoms with Crippen molar-refractivity contribution in [2.45, 2.75) is 32.1 Å². The Bertz CT molecular complexity index is 701. The highest BCUT2D eigenvalue weighted by Gasteiger charge is 2.30. The number of anilines is 1. The van der Waals surface area contributed by atoms with Gasteiger partial charge in [-0.2, -0.15) is 4.68 Å². The van der Waals surface area contributed by atoms with E-state index >= 15 is 0 Å². The molecule has 1 aromatic heterocycles. The summed E-state index contributed by atoms with van der Waals surface area (Å²) < 4.78 is 1.77. The van der Waals surface area contributed by atoms with Gasteiger partial charge in [-0.1, -0.05) is 23.3 Å². The van der Waals surface area contributed by atoms with Gasteiger partial charge in [0, 0.05) is 32.1 Å². The molecule has 132 valence electrons. The molecule has 2 fully saturated rings. The molecule has 1 amide bonds. The van der Waals surface area contributed by atoms with E-state index in [2.05, 4.69) is 25.3 Å². The fourth-order valence-electron chi connectivity index (χ4n) is 3.81. The summed E-state index contributed by atoms with van der Waals surface area (Å²) in [6.07, 6.45) is 5.30. The van der Waals surface area contributed by atoms with Gasteiger partial charge in [0.05, 0.1) is 5.69 Å². The molecule has 0 spiro atoms. The van der Waals surface area contributed by atoms with Crippen LogP contribution in [-0.2, 0) is 4.79 Å². The highest BCUT2D eigenvalue weighted by Crippen LogP contribution is 2.25. The van der Waals surface area contributed by atoms with Crippen molar-refractivity contribution in [2.24, 2.45) is 5.92 Å². The summed E-state index contributed by atoms with van der Waals surface area (Å²) in [4.78, 5) is 17.0. The number of hydrogen-bond donors (Lipinski definition) is 0. The van der Waals surface area contributed by atoms with E-state index in [4.69, 9.17) is 0 Å². The third-order valence-corrected chi connectivity index (χ3v) is 5.25. The first-order valence-electron chi connectivity index (χ1n) is 9.20. The van der Waals surface area contributed by atoms with E-state index in [0.29, 0.717) is 5.91 Å². The number of rotatable bonds is 3. The Balaban J connectivity index is 1.41. The molecule has 0 saturated carbocycles. The van der Waals surface area contributed by atoms with Gasteiger partial charge >= 0.3 is 0 Å². The summed E-state index contributed by atoms with van der Waals surface area (Å²) in [5, 5.41) is 12.2. The number of aromatic nitrogens is 4. The van der Waals surface area contributed by atoms with Crippen LogP contribution >= 0.6 is 0 Å². The minimum absolute atomic E-state index is 0.149. The lowest BCUT2D eigenvalue weighted by Gasteiger charge is -2.35. The van der Waals surface area contributed by atoms with Crippen LogP contribution in [0.25, 0.3) is 5.69 Å². The molecule has 2 aliphatic heterocycles. The molecular formula is C18H24N6O. The zero-order valence-corrected chi connectivity index (χ0v) is 14.4. The topological polar surface area (TPSA) is 67.2 Å². The third-order valence-electron chi connectivity index (χ3n) is 5.25. The molecule has 4 rings (SSSR count). The number of piperidine rings is 2. The molecular weight excluding hydrogens is 316 g/mol. The Hall–Kier alpha value is -2.44. The van der Waals surface area contributed by atoms with E-state index in [9.17, 15) is 4.79 Å². The molecule has 7 heteroatoms. The molecule has 2 aromatic rings. The van der Waals surface area contributed by atoms with Crippen LogP contribution < -0.4 is 4.90 Å². The van der Waals surface area contributed by atoms with E-state index < -0.39 is 0 Å². The minimum Gasteiger partial charge on any atom is -0.342 e. The molecule has 25 heavy (non-hydrogen) atoms. The van der Waals surface area contributed by atoms with Crippen LogP contribution in [0, 0.1) is 5.92 Å². The Labute approximate surface area is 147 Å². The Morgan fingerprint density at radius 1 is 0.960 bits per heavy atom. The summed E-state index contributed by atoms with van der Waals surface area (Å²) in [5.74, 6) is 1.26. The molecule has 0 N–H and O–H groups in total. The second kappa shape index (κ2) is 7.21. The lowest BCUT2D eigenvalue weighted by Crippen LogP contribution is -2.44. The average Bonchev–Trinajstić information content (AvgIpc) is 3.19. The van der Waals surface area contributed by atoms with Gasteiger partial charge in [-0.05, 0) is 54.7 Å². The summed E-state index contributed by atoms with van der Waals surface area (Å²) >= 11 is 0. The first-order valence-corrected chi connectivity index (χ1v) is 9.20. The fraction of sp³-hybridized carbons (Fsp3) is 0.556. The van der Waals surface area contributed by atoms with Gasteiger partial charge in [0.15, 0.2) is 0 Å². The summed E-state index contributed by atoms with van der Waals surface area (Å²) in [7, 11) is 0. The van der Waals surface area contributed by atoms with Crippen molar-refractivity contribution in [2.75, 3.05) is 31.1 Å². The number of carbonyl (C=O) groups is 1. The summed E-state index contributed by atoms with van der Waals surface area (Å²) in [5.41, 5.74) is 0.953. The van der Waals surface area contributed by atoms with Gasteiger partial charge in [-0.3, -0.25) is 4.79 Å². The van der Waals surface area contributed by atoms with Crippen LogP contribution in [0.5, 0.6) is 0 Å². The van der Waals surface area contributed by atoms with Crippen molar-refractivity contribution in [1.29, 1.82) is 0 Å². The molecule has 0 unspecified atom stereocenters. The Morgan fingerprint density at radius 2 is 1.68 bits per heavy atom. The highest BCUT2D eigenvalue weighted by molar-refractivity contribution is 5.79. The second-order valence-corrected chi connectivity index (χ2v) is 6.87. The largest absolute Gasteiger partial charge is 0.342 e. The van der Waals surface area contributed by atoms with Crippen molar-refractivity contribution in [3.63, 3.8) is 0 Å². The molecule has 0 radical (unpaired) electrons. The van der Waals surface area contributed by atoms with Crippen molar-refractivity contribution in [3.05, 3.63) is 30.3 Å².